The minimum Gasteiger partial charge on any atom is -0.495 e. The molecule has 24 heavy (non-hydrogen) atoms. The number of carbonyl (C=O) groups is 1. The number of rotatable bonds is 5. The third kappa shape index (κ3) is 3.11. The van der Waals surface area contributed by atoms with Crippen molar-refractivity contribution in [3.05, 3.63) is 53.9 Å². The Balaban J connectivity index is 1.87. The van der Waals surface area contributed by atoms with Crippen molar-refractivity contribution in [2.24, 2.45) is 0 Å². The van der Waals surface area contributed by atoms with Crippen molar-refractivity contribution >= 4 is 22.6 Å². The van der Waals surface area contributed by atoms with E-state index in [1.165, 1.54) is 0 Å². The fourth-order valence-corrected chi connectivity index (χ4v) is 2.82. The Kier molecular flexibility index (Phi) is 4.51. The second-order valence-electron chi connectivity index (χ2n) is 5.71. The van der Waals surface area contributed by atoms with Crippen LogP contribution in [0.2, 0.25) is 0 Å². The van der Waals surface area contributed by atoms with E-state index < -0.39 is 0 Å². The predicted octanol–water partition coefficient (Wildman–Crippen LogP) is 3.55. The van der Waals surface area contributed by atoms with Crippen molar-refractivity contribution in [3.63, 3.8) is 0 Å². The monoisotopic (exact) mass is 323 g/mol. The number of hydrogen-bond donors (Lipinski definition) is 1. The number of benzene rings is 2. The van der Waals surface area contributed by atoms with Crippen LogP contribution in [-0.4, -0.2) is 22.6 Å². The second kappa shape index (κ2) is 6.74. The highest BCUT2D eigenvalue weighted by Crippen LogP contribution is 2.25. The fourth-order valence-electron chi connectivity index (χ4n) is 2.82. The first-order valence-corrected chi connectivity index (χ1v) is 8.01. The quantitative estimate of drug-likeness (QED) is 0.781. The summed E-state index contributed by atoms with van der Waals surface area (Å²) in [6.07, 6.45) is 0.774. The molecule has 0 bridgehead atoms. The van der Waals surface area contributed by atoms with Gasteiger partial charge in [-0.05, 0) is 36.8 Å². The Hall–Kier alpha value is -2.82. The maximum Gasteiger partial charge on any atom is 0.244 e. The van der Waals surface area contributed by atoms with Gasteiger partial charge in [0.1, 0.15) is 18.1 Å². The average Bonchev–Trinajstić information content (AvgIpc) is 2.93. The second-order valence-corrected chi connectivity index (χ2v) is 5.71. The summed E-state index contributed by atoms with van der Waals surface area (Å²) >= 11 is 0. The molecule has 0 fully saturated rings. The third-order valence-corrected chi connectivity index (χ3v) is 3.98. The lowest BCUT2D eigenvalue weighted by molar-refractivity contribution is -0.116. The number of anilines is 1. The van der Waals surface area contributed by atoms with E-state index in [2.05, 4.69) is 10.3 Å². The number of nitrogens with one attached hydrogen (secondary N) is 1. The molecule has 1 amide bonds. The normalized spacial score (nSPS) is 10.8. The van der Waals surface area contributed by atoms with Gasteiger partial charge in [0, 0.05) is 6.42 Å². The molecule has 124 valence electrons. The maximum absolute atomic E-state index is 12.6. The predicted molar refractivity (Wildman–Crippen MR) is 95.5 cm³/mol. The smallest absolute Gasteiger partial charge is 0.244 e. The first-order valence-electron chi connectivity index (χ1n) is 8.01. The standard InChI is InChI=1S/C19H21N3O2/c1-4-18-20-14-7-5-6-8-16(14)22(18)12-19(23)21-15-11-13(2)9-10-17(15)24-3/h5-11H,4,12H2,1-3H3,(H,21,23). The lowest BCUT2D eigenvalue weighted by Crippen LogP contribution is -2.20. The summed E-state index contributed by atoms with van der Waals surface area (Å²) in [5.74, 6) is 1.46. The van der Waals surface area contributed by atoms with Crippen LogP contribution in [0.15, 0.2) is 42.5 Å². The largest absolute Gasteiger partial charge is 0.495 e. The highest BCUT2D eigenvalue weighted by Gasteiger charge is 2.14. The van der Waals surface area contributed by atoms with Crippen LogP contribution in [0.3, 0.4) is 0 Å². The van der Waals surface area contributed by atoms with Crippen LogP contribution in [0.25, 0.3) is 11.0 Å². The van der Waals surface area contributed by atoms with Gasteiger partial charge in [0.2, 0.25) is 5.91 Å². The third-order valence-electron chi connectivity index (χ3n) is 3.98. The first kappa shape index (κ1) is 16.1. The molecule has 1 N–H and O–H groups in total. The Morgan fingerprint density at radius 2 is 2.04 bits per heavy atom. The lowest BCUT2D eigenvalue weighted by Gasteiger charge is -2.12. The zero-order chi connectivity index (χ0) is 17.1. The summed E-state index contributed by atoms with van der Waals surface area (Å²) in [5.41, 5.74) is 3.63. The summed E-state index contributed by atoms with van der Waals surface area (Å²) in [6, 6.07) is 13.6. The van der Waals surface area contributed by atoms with E-state index in [9.17, 15) is 4.79 Å². The summed E-state index contributed by atoms with van der Waals surface area (Å²) in [4.78, 5) is 17.2. The summed E-state index contributed by atoms with van der Waals surface area (Å²) in [6.45, 7) is 4.24. The molecule has 0 aliphatic carbocycles. The summed E-state index contributed by atoms with van der Waals surface area (Å²) in [5, 5.41) is 2.94. The van der Waals surface area contributed by atoms with Gasteiger partial charge in [0.15, 0.2) is 0 Å². The molecule has 2 aromatic carbocycles. The van der Waals surface area contributed by atoms with Crippen LogP contribution in [0.1, 0.15) is 18.3 Å². The van der Waals surface area contributed by atoms with E-state index in [4.69, 9.17) is 4.74 Å². The summed E-state index contributed by atoms with van der Waals surface area (Å²) in [7, 11) is 1.60. The minimum absolute atomic E-state index is 0.100. The van der Waals surface area contributed by atoms with Gasteiger partial charge in [-0.1, -0.05) is 25.1 Å². The number of nitrogens with zero attached hydrogens (tertiary/aromatic N) is 2. The van der Waals surface area contributed by atoms with E-state index in [-0.39, 0.29) is 12.5 Å². The Morgan fingerprint density at radius 3 is 2.79 bits per heavy atom. The molecule has 0 saturated heterocycles. The van der Waals surface area contributed by atoms with Crippen LogP contribution in [0.4, 0.5) is 5.69 Å². The maximum atomic E-state index is 12.6. The molecule has 5 nitrogen and oxygen atoms in total. The average molecular weight is 323 g/mol. The van der Waals surface area contributed by atoms with Crippen molar-refractivity contribution in [1.29, 1.82) is 0 Å². The lowest BCUT2D eigenvalue weighted by atomic mass is 10.2. The Labute approximate surface area is 141 Å². The highest BCUT2D eigenvalue weighted by atomic mass is 16.5. The topological polar surface area (TPSA) is 56.2 Å². The molecular formula is C19H21N3O2. The van der Waals surface area contributed by atoms with Crippen LogP contribution < -0.4 is 10.1 Å². The molecule has 0 unspecified atom stereocenters. The van der Waals surface area contributed by atoms with Gasteiger partial charge in [-0.2, -0.15) is 0 Å². The van der Waals surface area contributed by atoms with E-state index in [0.29, 0.717) is 11.4 Å². The number of methoxy groups -OCH3 is 1. The number of fused-ring (bicyclic) bond motifs is 1. The molecule has 5 heteroatoms. The van der Waals surface area contributed by atoms with Crippen molar-refractivity contribution in [2.75, 3.05) is 12.4 Å². The molecule has 0 aliphatic rings. The van der Waals surface area contributed by atoms with Gasteiger partial charge >= 0.3 is 0 Å². The van der Waals surface area contributed by atoms with Crippen LogP contribution in [0, 0.1) is 6.92 Å². The van der Waals surface area contributed by atoms with Crippen LogP contribution in [-0.2, 0) is 17.8 Å². The van der Waals surface area contributed by atoms with Crippen LogP contribution >= 0.6 is 0 Å². The number of aryl methyl sites for hydroxylation is 2. The molecule has 0 spiro atoms. The molecule has 0 radical (unpaired) electrons. The van der Waals surface area contributed by atoms with E-state index in [0.717, 1.165) is 28.8 Å². The molecule has 0 saturated carbocycles. The van der Waals surface area contributed by atoms with E-state index in [1.54, 1.807) is 7.11 Å². The first-order chi connectivity index (χ1) is 11.6. The number of hydrogen-bond acceptors (Lipinski definition) is 3. The molecule has 0 atom stereocenters. The van der Waals surface area contributed by atoms with E-state index in [1.807, 2.05) is 60.9 Å². The van der Waals surface area contributed by atoms with Gasteiger partial charge < -0.3 is 14.6 Å². The Bertz CT molecular complexity index is 883. The number of amides is 1. The minimum atomic E-state index is -0.100. The molecular weight excluding hydrogens is 302 g/mol. The van der Waals surface area contributed by atoms with Crippen molar-refractivity contribution < 1.29 is 9.53 Å². The molecule has 3 aromatic rings. The van der Waals surface area contributed by atoms with Gasteiger partial charge in [0.25, 0.3) is 0 Å². The molecule has 1 aromatic heterocycles. The van der Waals surface area contributed by atoms with Crippen molar-refractivity contribution in [3.8, 4) is 5.75 Å². The number of carbonyl (C=O) groups excluding carboxylic acids is 1. The van der Waals surface area contributed by atoms with Crippen molar-refractivity contribution in [2.45, 2.75) is 26.8 Å². The van der Waals surface area contributed by atoms with Crippen molar-refractivity contribution in [1.82, 2.24) is 9.55 Å². The molecule has 1 heterocycles. The number of aromatic nitrogens is 2. The van der Waals surface area contributed by atoms with Gasteiger partial charge in [-0.15, -0.1) is 0 Å². The zero-order valence-electron chi connectivity index (χ0n) is 14.2. The number of ether oxygens (including phenoxy) is 1. The SMILES string of the molecule is CCc1nc2ccccc2n1CC(=O)Nc1cc(C)ccc1OC. The number of imidazole rings is 1. The summed E-state index contributed by atoms with van der Waals surface area (Å²) < 4.78 is 7.28. The number of para-hydroxylation sites is 2. The molecule has 3 rings (SSSR count). The molecule has 0 aliphatic heterocycles. The fraction of sp³-hybridized carbons (Fsp3) is 0.263. The highest BCUT2D eigenvalue weighted by molar-refractivity contribution is 5.93. The zero-order valence-corrected chi connectivity index (χ0v) is 14.2. The van der Waals surface area contributed by atoms with Gasteiger partial charge in [-0.3, -0.25) is 4.79 Å². The van der Waals surface area contributed by atoms with E-state index >= 15 is 0 Å². The van der Waals surface area contributed by atoms with Gasteiger partial charge in [-0.25, -0.2) is 4.98 Å². The Morgan fingerprint density at radius 1 is 1.25 bits per heavy atom. The van der Waals surface area contributed by atoms with Gasteiger partial charge in [0.05, 0.1) is 23.8 Å². The van der Waals surface area contributed by atoms with Crippen LogP contribution in [0.5, 0.6) is 5.75 Å².